The van der Waals surface area contributed by atoms with Crippen molar-refractivity contribution in [2.24, 2.45) is 5.92 Å². The van der Waals surface area contributed by atoms with Crippen LogP contribution < -0.4 is 10.6 Å². The van der Waals surface area contributed by atoms with Crippen LogP contribution in [-0.2, 0) is 0 Å². The zero-order chi connectivity index (χ0) is 18.8. The number of rotatable bonds is 7. The fourth-order valence-corrected chi connectivity index (χ4v) is 3.54. The lowest BCUT2D eigenvalue weighted by Gasteiger charge is -2.20. The lowest BCUT2D eigenvalue weighted by molar-refractivity contribution is 0.576. The van der Waals surface area contributed by atoms with Crippen LogP contribution in [0.25, 0.3) is 10.9 Å². The van der Waals surface area contributed by atoms with E-state index >= 15 is 0 Å². The molecule has 0 bridgehead atoms. The molecule has 1 fully saturated rings. The highest BCUT2D eigenvalue weighted by Crippen LogP contribution is 2.37. The summed E-state index contributed by atoms with van der Waals surface area (Å²) in [7, 11) is 0. The van der Waals surface area contributed by atoms with E-state index in [0.717, 1.165) is 35.5 Å². The third-order valence-corrected chi connectivity index (χ3v) is 5.18. The highest BCUT2D eigenvalue weighted by atomic mass is 35.5. The van der Waals surface area contributed by atoms with Crippen molar-refractivity contribution in [2.45, 2.75) is 38.6 Å². The molecule has 4 rings (SSSR count). The smallest absolute Gasteiger partial charge is 0.229 e. The van der Waals surface area contributed by atoms with Crippen LogP contribution in [0.1, 0.15) is 32.6 Å². The maximum atomic E-state index is 13.4. The second-order valence-electron chi connectivity index (χ2n) is 7.04. The second-order valence-corrected chi connectivity index (χ2v) is 7.45. The van der Waals surface area contributed by atoms with Gasteiger partial charge in [0.1, 0.15) is 11.6 Å². The molecule has 27 heavy (non-hydrogen) atoms. The molecule has 0 spiro atoms. The van der Waals surface area contributed by atoms with Crippen molar-refractivity contribution in [2.75, 3.05) is 10.6 Å². The van der Waals surface area contributed by atoms with Gasteiger partial charge in [0.25, 0.3) is 0 Å². The van der Waals surface area contributed by atoms with Crippen LogP contribution in [0.15, 0.2) is 42.5 Å². The lowest BCUT2D eigenvalue weighted by Crippen LogP contribution is -2.22. The van der Waals surface area contributed by atoms with E-state index in [9.17, 15) is 4.39 Å². The van der Waals surface area contributed by atoms with Crippen LogP contribution in [-0.4, -0.2) is 16.0 Å². The molecule has 0 radical (unpaired) electrons. The van der Waals surface area contributed by atoms with Crippen molar-refractivity contribution in [3.8, 4) is 0 Å². The van der Waals surface area contributed by atoms with Crippen molar-refractivity contribution >= 4 is 40.0 Å². The van der Waals surface area contributed by atoms with Gasteiger partial charge in [-0.3, -0.25) is 0 Å². The van der Waals surface area contributed by atoms with Gasteiger partial charge in [0.15, 0.2) is 0 Å². The van der Waals surface area contributed by atoms with Crippen LogP contribution in [0, 0.1) is 11.7 Å². The summed E-state index contributed by atoms with van der Waals surface area (Å²) in [6.45, 7) is 2.21. The molecule has 1 saturated carbocycles. The van der Waals surface area contributed by atoms with Gasteiger partial charge in [-0.2, -0.15) is 4.98 Å². The van der Waals surface area contributed by atoms with Crippen molar-refractivity contribution in [1.82, 2.24) is 9.97 Å². The SMILES string of the molecule is CCC[C@@H](Nc1nc(Nc2ccc(F)c(Cl)c2)nc2ccccc12)C1CC1. The summed E-state index contributed by atoms with van der Waals surface area (Å²) in [5.41, 5.74) is 1.51. The van der Waals surface area contributed by atoms with E-state index in [1.54, 1.807) is 6.07 Å². The molecule has 140 valence electrons. The highest BCUT2D eigenvalue weighted by Gasteiger charge is 2.31. The zero-order valence-electron chi connectivity index (χ0n) is 15.2. The first-order valence-corrected chi connectivity index (χ1v) is 9.77. The summed E-state index contributed by atoms with van der Waals surface area (Å²) in [6.07, 6.45) is 4.81. The monoisotopic (exact) mass is 384 g/mol. The van der Waals surface area contributed by atoms with Gasteiger partial charge in [-0.15, -0.1) is 0 Å². The Labute approximate surface area is 163 Å². The molecule has 0 unspecified atom stereocenters. The predicted molar refractivity (Wildman–Crippen MR) is 109 cm³/mol. The first-order valence-electron chi connectivity index (χ1n) is 9.39. The molecule has 3 aromatic rings. The first kappa shape index (κ1) is 18.0. The number of hydrogen-bond acceptors (Lipinski definition) is 4. The fourth-order valence-electron chi connectivity index (χ4n) is 3.36. The Morgan fingerprint density at radius 2 is 2.00 bits per heavy atom. The molecule has 1 aliphatic rings. The maximum absolute atomic E-state index is 13.4. The topological polar surface area (TPSA) is 49.8 Å². The number of hydrogen-bond donors (Lipinski definition) is 2. The van der Waals surface area contributed by atoms with Crippen LogP contribution in [0.5, 0.6) is 0 Å². The number of anilines is 3. The van der Waals surface area contributed by atoms with Gasteiger partial charge in [-0.05, 0) is 55.5 Å². The first-order chi connectivity index (χ1) is 13.1. The normalized spacial score (nSPS) is 14.9. The number of para-hydroxylation sites is 1. The number of aromatic nitrogens is 2. The molecule has 2 N–H and O–H groups in total. The molecule has 1 aliphatic carbocycles. The molecule has 0 amide bonds. The molecule has 1 heterocycles. The van der Waals surface area contributed by atoms with Gasteiger partial charge in [-0.25, -0.2) is 9.37 Å². The second kappa shape index (κ2) is 7.69. The summed E-state index contributed by atoms with van der Waals surface area (Å²) in [6, 6.07) is 12.9. The summed E-state index contributed by atoms with van der Waals surface area (Å²) in [5, 5.41) is 7.86. The quantitative estimate of drug-likeness (QED) is 0.512. The van der Waals surface area contributed by atoms with Crippen molar-refractivity contribution < 1.29 is 4.39 Å². The molecule has 0 aliphatic heterocycles. The Balaban J connectivity index is 1.68. The van der Waals surface area contributed by atoms with Crippen molar-refractivity contribution in [3.05, 3.63) is 53.3 Å². The minimum Gasteiger partial charge on any atom is -0.366 e. The van der Waals surface area contributed by atoms with E-state index in [-0.39, 0.29) is 5.02 Å². The molecule has 1 aromatic heterocycles. The Morgan fingerprint density at radius 3 is 2.74 bits per heavy atom. The Morgan fingerprint density at radius 1 is 1.19 bits per heavy atom. The number of benzene rings is 2. The molecule has 4 nitrogen and oxygen atoms in total. The highest BCUT2D eigenvalue weighted by molar-refractivity contribution is 6.31. The van der Waals surface area contributed by atoms with E-state index in [1.165, 1.54) is 25.0 Å². The van der Waals surface area contributed by atoms with Crippen LogP contribution >= 0.6 is 11.6 Å². The van der Waals surface area contributed by atoms with Gasteiger partial charge in [0.05, 0.1) is 10.5 Å². The standard InChI is InChI=1S/C21H22ClFN4/c1-2-5-18(13-8-9-13)25-20-15-6-3-4-7-19(15)26-21(27-20)24-14-10-11-17(23)16(22)12-14/h3-4,6-7,10-13,18H,2,5,8-9H2,1H3,(H2,24,25,26,27)/t18-/m1/s1. The van der Waals surface area contributed by atoms with Gasteiger partial charge in [0, 0.05) is 17.1 Å². The fraction of sp³-hybridized carbons (Fsp3) is 0.333. The van der Waals surface area contributed by atoms with Gasteiger partial charge in [-0.1, -0.05) is 37.1 Å². The third kappa shape index (κ3) is 4.14. The van der Waals surface area contributed by atoms with Gasteiger partial charge >= 0.3 is 0 Å². The molecule has 2 aromatic carbocycles. The number of fused-ring (bicyclic) bond motifs is 1. The van der Waals surface area contributed by atoms with E-state index in [4.69, 9.17) is 16.6 Å². The summed E-state index contributed by atoms with van der Waals surface area (Å²) >= 11 is 5.88. The molecule has 0 saturated heterocycles. The minimum absolute atomic E-state index is 0.0656. The summed E-state index contributed by atoms with van der Waals surface area (Å²) in [5.74, 6) is 1.58. The Bertz CT molecular complexity index is 958. The van der Waals surface area contributed by atoms with E-state index in [0.29, 0.717) is 17.7 Å². The van der Waals surface area contributed by atoms with Gasteiger partial charge < -0.3 is 10.6 Å². The average molecular weight is 385 g/mol. The van der Waals surface area contributed by atoms with E-state index in [1.807, 2.05) is 24.3 Å². The van der Waals surface area contributed by atoms with Gasteiger partial charge in [0.2, 0.25) is 5.95 Å². The summed E-state index contributed by atoms with van der Waals surface area (Å²) < 4.78 is 13.4. The minimum atomic E-state index is -0.448. The largest absolute Gasteiger partial charge is 0.366 e. The number of nitrogens with zero attached hydrogens (tertiary/aromatic N) is 2. The Kier molecular flexibility index (Phi) is 5.12. The van der Waals surface area contributed by atoms with E-state index < -0.39 is 5.82 Å². The maximum Gasteiger partial charge on any atom is 0.229 e. The van der Waals surface area contributed by atoms with Crippen molar-refractivity contribution in [3.63, 3.8) is 0 Å². The molecule has 6 heteroatoms. The predicted octanol–water partition coefficient (Wildman–Crippen LogP) is 6.16. The zero-order valence-corrected chi connectivity index (χ0v) is 15.9. The Hall–Kier alpha value is -2.40. The molecular weight excluding hydrogens is 363 g/mol. The molecular formula is C21H22ClFN4. The van der Waals surface area contributed by atoms with Crippen molar-refractivity contribution in [1.29, 1.82) is 0 Å². The average Bonchev–Trinajstić information content (AvgIpc) is 3.50. The van der Waals surface area contributed by atoms with Crippen LogP contribution in [0.4, 0.5) is 21.8 Å². The van der Waals surface area contributed by atoms with Crippen LogP contribution in [0.3, 0.4) is 0 Å². The molecule has 1 atom stereocenters. The number of halogens is 2. The van der Waals surface area contributed by atoms with Crippen LogP contribution in [0.2, 0.25) is 5.02 Å². The summed E-state index contributed by atoms with van der Waals surface area (Å²) in [4.78, 5) is 9.31. The third-order valence-electron chi connectivity index (χ3n) is 4.89. The lowest BCUT2D eigenvalue weighted by atomic mass is 10.1. The van der Waals surface area contributed by atoms with E-state index in [2.05, 4.69) is 22.5 Å². The number of nitrogens with one attached hydrogen (secondary N) is 2.